The number of pyridine rings is 1. The van der Waals surface area contributed by atoms with Crippen LogP contribution >= 0.6 is 11.3 Å². The fourth-order valence-corrected chi connectivity index (χ4v) is 4.18. The van der Waals surface area contributed by atoms with E-state index in [2.05, 4.69) is 15.0 Å². The van der Waals surface area contributed by atoms with Crippen molar-refractivity contribution in [2.75, 3.05) is 13.1 Å². The number of aryl methyl sites for hydroxylation is 1. The molecule has 1 fully saturated rings. The Morgan fingerprint density at radius 1 is 1.23 bits per heavy atom. The smallest absolute Gasteiger partial charge is 0.338 e. The van der Waals surface area contributed by atoms with Gasteiger partial charge in [-0.05, 0) is 49.4 Å². The molecule has 0 saturated carbocycles. The van der Waals surface area contributed by atoms with Crippen LogP contribution in [0, 0.1) is 6.92 Å². The van der Waals surface area contributed by atoms with E-state index in [9.17, 15) is 18.0 Å². The van der Waals surface area contributed by atoms with Gasteiger partial charge in [-0.3, -0.25) is 9.78 Å². The molecule has 0 N–H and O–H groups in total. The van der Waals surface area contributed by atoms with Crippen molar-refractivity contribution in [1.29, 1.82) is 0 Å². The summed E-state index contributed by atoms with van der Waals surface area (Å²) in [5.41, 5.74) is 0.572. The summed E-state index contributed by atoms with van der Waals surface area (Å²) in [5, 5.41) is 1.79. The molecule has 1 aliphatic heterocycles. The van der Waals surface area contributed by atoms with Gasteiger partial charge in [-0.15, -0.1) is 11.3 Å². The average molecular weight is 432 g/mol. The van der Waals surface area contributed by atoms with Crippen molar-refractivity contribution < 1.29 is 18.0 Å². The highest BCUT2D eigenvalue weighted by Gasteiger charge is 2.35. The molecule has 1 saturated heterocycles. The molecular weight excluding hydrogens is 413 g/mol. The molecular formula is C21H19F3N4OS. The summed E-state index contributed by atoms with van der Waals surface area (Å²) in [5.74, 6) is -0.410. The zero-order valence-electron chi connectivity index (χ0n) is 16.2. The zero-order valence-corrected chi connectivity index (χ0v) is 17.0. The van der Waals surface area contributed by atoms with E-state index in [-0.39, 0.29) is 29.9 Å². The Hall–Kier alpha value is -2.81. The number of thiophene rings is 1. The maximum Gasteiger partial charge on any atom is 0.433 e. The predicted molar refractivity (Wildman–Crippen MR) is 107 cm³/mol. The normalized spacial score (nSPS) is 17.2. The van der Waals surface area contributed by atoms with Crippen molar-refractivity contribution in [3.8, 4) is 10.6 Å². The Kier molecular flexibility index (Phi) is 5.55. The van der Waals surface area contributed by atoms with Crippen LogP contribution in [0.25, 0.3) is 10.6 Å². The average Bonchev–Trinajstić information content (AvgIpc) is 3.28. The Labute approximate surface area is 175 Å². The van der Waals surface area contributed by atoms with Crippen LogP contribution in [0.2, 0.25) is 0 Å². The van der Waals surface area contributed by atoms with Gasteiger partial charge in [-0.25, -0.2) is 9.97 Å². The standard InChI is InChI=1S/C21H19F3N4OS/c1-13-6-7-14(11-25-13)20(29)28-8-2-4-15(12-28)19-26-16(17-5-3-9-30-17)10-18(27-19)21(22,23)24/h3,5-7,9-11,15H,2,4,8,12H2,1H3. The van der Waals surface area contributed by atoms with E-state index in [0.717, 1.165) is 11.8 Å². The topological polar surface area (TPSA) is 59.0 Å². The number of hydrogen-bond acceptors (Lipinski definition) is 5. The van der Waals surface area contributed by atoms with Gasteiger partial charge in [0.25, 0.3) is 5.91 Å². The molecule has 30 heavy (non-hydrogen) atoms. The van der Waals surface area contributed by atoms with E-state index in [1.165, 1.54) is 17.5 Å². The highest BCUT2D eigenvalue weighted by molar-refractivity contribution is 7.13. The van der Waals surface area contributed by atoms with Crippen molar-refractivity contribution in [3.05, 3.63) is 64.7 Å². The molecule has 9 heteroatoms. The molecule has 0 spiro atoms. The van der Waals surface area contributed by atoms with E-state index >= 15 is 0 Å². The SMILES string of the molecule is Cc1ccc(C(=O)N2CCCC(c3nc(-c4cccs4)cc(C(F)(F)F)n3)C2)cn1. The Bertz CT molecular complexity index is 1040. The molecule has 156 valence electrons. The lowest BCUT2D eigenvalue weighted by molar-refractivity contribution is -0.141. The van der Waals surface area contributed by atoms with Crippen molar-refractivity contribution in [3.63, 3.8) is 0 Å². The second-order valence-electron chi connectivity index (χ2n) is 7.25. The van der Waals surface area contributed by atoms with Crippen molar-refractivity contribution in [1.82, 2.24) is 19.9 Å². The lowest BCUT2D eigenvalue weighted by Gasteiger charge is -2.32. The van der Waals surface area contributed by atoms with Crippen LogP contribution in [0.5, 0.6) is 0 Å². The summed E-state index contributed by atoms with van der Waals surface area (Å²) in [4.78, 5) is 27.6. The number of piperidine rings is 1. The highest BCUT2D eigenvalue weighted by atomic mass is 32.1. The number of alkyl halides is 3. The predicted octanol–water partition coefficient (Wildman–Crippen LogP) is 4.95. The van der Waals surface area contributed by atoms with Gasteiger partial charge >= 0.3 is 6.18 Å². The maximum absolute atomic E-state index is 13.5. The van der Waals surface area contributed by atoms with Gasteiger partial charge in [0, 0.05) is 30.9 Å². The molecule has 0 radical (unpaired) electrons. The number of amides is 1. The van der Waals surface area contributed by atoms with Crippen LogP contribution in [0.15, 0.2) is 41.9 Å². The van der Waals surface area contributed by atoms with Crippen molar-refractivity contribution >= 4 is 17.2 Å². The van der Waals surface area contributed by atoms with Gasteiger partial charge in [0.05, 0.1) is 16.1 Å². The molecule has 0 aliphatic carbocycles. The number of halogens is 3. The molecule has 5 nitrogen and oxygen atoms in total. The van der Waals surface area contributed by atoms with Crippen LogP contribution in [0.3, 0.4) is 0 Å². The maximum atomic E-state index is 13.5. The van der Waals surface area contributed by atoms with Crippen LogP contribution in [0.4, 0.5) is 13.2 Å². The summed E-state index contributed by atoms with van der Waals surface area (Å²) in [7, 11) is 0. The van der Waals surface area contributed by atoms with Gasteiger partial charge in [-0.1, -0.05) is 6.07 Å². The van der Waals surface area contributed by atoms with Crippen LogP contribution in [0.1, 0.15) is 46.3 Å². The molecule has 0 aromatic carbocycles. The largest absolute Gasteiger partial charge is 0.433 e. The first-order chi connectivity index (χ1) is 14.3. The summed E-state index contributed by atoms with van der Waals surface area (Å²) < 4.78 is 40.4. The Morgan fingerprint density at radius 3 is 2.73 bits per heavy atom. The minimum atomic E-state index is -4.57. The molecule has 0 bridgehead atoms. The molecule has 3 aromatic heterocycles. The first-order valence-corrected chi connectivity index (χ1v) is 10.4. The zero-order chi connectivity index (χ0) is 21.3. The fourth-order valence-electron chi connectivity index (χ4n) is 3.49. The van der Waals surface area contributed by atoms with Crippen LogP contribution in [-0.2, 0) is 6.18 Å². The molecule has 1 amide bonds. The molecule has 4 heterocycles. The quantitative estimate of drug-likeness (QED) is 0.588. The summed E-state index contributed by atoms with van der Waals surface area (Å²) in [6, 6.07) is 7.96. The van der Waals surface area contributed by atoms with E-state index in [0.29, 0.717) is 29.8 Å². The van der Waals surface area contributed by atoms with E-state index in [1.54, 1.807) is 34.5 Å². The van der Waals surface area contributed by atoms with Gasteiger partial charge in [0.15, 0.2) is 0 Å². The third-order valence-corrected chi connectivity index (χ3v) is 5.93. The van der Waals surface area contributed by atoms with Crippen LogP contribution < -0.4 is 0 Å². The summed E-state index contributed by atoms with van der Waals surface area (Å²) >= 11 is 1.33. The van der Waals surface area contributed by atoms with E-state index < -0.39 is 11.9 Å². The first kappa shape index (κ1) is 20.5. The monoisotopic (exact) mass is 432 g/mol. The first-order valence-electron chi connectivity index (χ1n) is 9.53. The van der Waals surface area contributed by atoms with Gasteiger partial charge in [0.1, 0.15) is 11.5 Å². The minimum absolute atomic E-state index is 0.132. The van der Waals surface area contributed by atoms with Gasteiger partial charge in [-0.2, -0.15) is 13.2 Å². The third-order valence-electron chi connectivity index (χ3n) is 5.04. The van der Waals surface area contributed by atoms with E-state index in [4.69, 9.17) is 0 Å². The van der Waals surface area contributed by atoms with Gasteiger partial charge < -0.3 is 4.90 Å². The molecule has 1 aliphatic rings. The van der Waals surface area contributed by atoms with E-state index in [1.807, 2.05) is 6.92 Å². The second-order valence-corrected chi connectivity index (χ2v) is 8.20. The minimum Gasteiger partial charge on any atom is -0.338 e. The Morgan fingerprint density at radius 2 is 2.07 bits per heavy atom. The number of carbonyl (C=O) groups is 1. The van der Waals surface area contributed by atoms with Gasteiger partial charge in [0.2, 0.25) is 0 Å². The molecule has 4 rings (SSSR count). The summed E-state index contributed by atoms with van der Waals surface area (Å²) in [6.45, 7) is 2.65. The number of carbonyl (C=O) groups excluding carboxylic acids is 1. The number of aromatic nitrogens is 3. The number of hydrogen-bond donors (Lipinski definition) is 0. The van der Waals surface area contributed by atoms with Crippen LogP contribution in [-0.4, -0.2) is 38.8 Å². The number of rotatable bonds is 3. The third kappa shape index (κ3) is 4.35. The Balaban J connectivity index is 1.63. The lowest BCUT2D eigenvalue weighted by atomic mass is 9.96. The highest BCUT2D eigenvalue weighted by Crippen LogP contribution is 2.34. The second kappa shape index (κ2) is 8.14. The number of likely N-dealkylation sites (tertiary alicyclic amines) is 1. The molecule has 1 atom stereocenters. The van der Waals surface area contributed by atoms with Crippen molar-refractivity contribution in [2.24, 2.45) is 0 Å². The molecule has 1 unspecified atom stereocenters. The summed E-state index contributed by atoms with van der Waals surface area (Å²) in [6.07, 6.45) is -1.75. The number of nitrogens with zero attached hydrogens (tertiary/aromatic N) is 4. The van der Waals surface area contributed by atoms with Crippen molar-refractivity contribution in [2.45, 2.75) is 31.9 Å². The fraction of sp³-hybridized carbons (Fsp3) is 0.333. The molecule has 3 aromatic rings. The lowest BCUT2D eigenvalue weighted by Crippen LogP contribution is -2.39.